The maximum Gasteiger partial charge on any atom is 0.408 e. The van der Waals surface area contributed by atoms with Crippen molar-refractivity contribution in [1.29, 1.82) is 0 Å². The van der Waals surface area contributed by atoms with Crippen LogP contribution in [0.5, 0.6) is 0 Å². The summed E-state index contributed by atoms with van der Waals surface area (Å²) < 4.78 is 10.2. The zero-order valence-electron chi connectivity index (χ0n) is 18.6. The Labute approximate surface area is 187 Å². The van der Waals surface area contributed by atoms with Gasteiger partial charge in [0.15, 0.2) is 0 Å². The molecule has 1 atom stereocenters. The van der Waals surface area contributed by atoms with Crippen LogP contribution in [0.15, 0.2) is 54.6 Å². The van der Waals surface area contributed by atoms with Crippen molar-refractivity contribution in [3.63, 3.8) is 0 Å². The SMILES string of the molecule is CCOC(=O)c1cccc(C(=O)NC(=O)[C@H](Cc2ccccc2)NC(=O)OC(C)(C)C)c1. The predicted molar refractivity (Wildman–Crippen MR) is 118 cm³/mol. The van der Waals surface area contributed by atoms with Crippen LogP contribution in [-0.4, -0.2) is 42.1 Å². The average molecular weight is 440 g/mol. The fourth-order valence-corrected chi connectivity index (χ4v) is 2.78. The number of nitrogens with one attached hydrogen (secondary N) is 2. The van der Waals surface area contributed by atoms with Gasteiger partial charge in [0.1, 0.15) is 11.6 Å². The highest BCUT2D eigenvalue weighted by molar-refractivity contribution is 6.07. The van der Waals surface area contributed by atoms with Crippen LogP contribution in [0.3, 0.4) is 0 Å². The molecule has 0 fully saturated rings. The molecule has 170 valence electrons. The molecular weight excluding hydrogens is 412 g/mol. The zero-order chi connectivity index (χ0) is 23.7. The van der Waals surface area contributed by atoms with Crippen molar-refractivity contribution in [3.8, 4) is 0 Å². The van der Waals surface area contributed by atoms with Crippen LogP contribution in [0.2, 0.25) is 0 Å². The number of benzene rings is 2. The van der Waals surface area contributed by atoms with Crippen molar-refractivity contribution in [1.82, 2.24) is 10.6 Å². The predicted octanol–water partition coefficient (Wildman–Crippen LogP) is 3.26. The van der Waals surface area contributed by atoms with E-state index in [0.717, 1.165) is 5.56 Å². The first kappa shape index (κ1) is 24.6. The first-order chi connectivity index (χ1) is 15.1. The second kappa shape index (κ2) is 11.1. The van der Waals surface area contributed by atoms with Gasteiger partial charge in [-0.05, 0) is 51.5 Å². The van der Waals surface area contributed by atoms with E-state index in [4.69, 9.17) is 9.47 Å². The van der Waals surface area contributed by atoms with E-state index in [9.17, 15) is 19.2 Å². The Kier molecular flexibility index (Phi) is 8.52. The van der Waals surface area contributed by atoms with Crippen molar-refractivity contribution in [3.05, 3.63) is 71.3 Å². The Morgan fingerprint density at radius 3 is 2.22 bits per heavy atom. The zero-order valence-corrected chi connectivity index (χ0v) is 18.6. The molecule has 0 spiro atoms. The van der Waals surface area contributed by atoms with Crippen molar-refractivity contribution in [2.24, 2.45) is 0 Å². The fraction of sp³-hybridized carbons (Fsp3) is 0.333. The van der Waals surface area contributed by atoms with Crippen molar-refractivity contribution < 1.29 is 28.7 Å². The lowest BCUT2D eigenvalue weighted by atomic mass is 10.0. The van der Waals surface area contributed by atoms with Crippen molar-refractivity contribution >= 4 is 23.9 Å². The summed E-state index contributed by atoms with van der Waals surface area (Å²) in [4.78, 5) is 49.6. The van der Waals surface area contributed by atoms with Crippen LogP contribution in [0.25, 0.3) is 0 Å². The molecule has 0 aliphatic carbocycles. The van der Waals surface area contributed by atoms with Crippen LogP contribution in [0.1, 0.15) is 54.0 Å². The van der Waals surface area contributed by atoms with Gasteiger partial charge in [0.05, 0.1) is 12.2 Å². The highest BCUT2D eigenvalue weighted by Crippen LogP contribution is 2.10. The standard InChI is InChI=1S/C24H28N2O6/c1-5-31-22(29)18-13-9-12-17(15-18)20(27)26-21(28)19(14-16-10-7-6-8-11-16)25-23(30)32-24(2,3)4/h6-13,15,19H,5,14H2,1-4H3,(H,25,30)(H,26,27,28)/t19-/m0/s1. The molecule has 3 amide bonds. The second-order valence-corrected chi connectivity index (χ2v) is 8.01. The largest absolute Gasteiger partial charge is 0.462 e. The van der Waals surface area contributed by atoms with Gasteiger partial charge in [-0.1, -0.05) is 36.4 Å². The van der Waals surface area contributed by atoms with Crippen LogP contribution in [0, 0.1) is 0 Å². The summed E-state index contributed by atoms with van der Waals surface area (Å²) in [7, 11) is 0. The number of alkyl carbamates (subject to hydrolysis) is 1. The summed E-state index contributed by atoms with van der Waals surface area (Å²) in [6, 6.07) is 13.9. The second-order valence-electron chi connectivity index (χ2n) is 8.01. The monoisotopic (exact) mass is 440 g/mol. The first-order valence-corrected chi connectivity index (χ1v) is 10.2. The molecule has 0 aromatic heterocycles. The summed E-state index contributed by atoms with van der Waals surface area (Å²) in [6.07, 6.45) is -0.618. The molecule has 0 aliphatic rings. The van der Waals surface area contributed by atoms with E-state index in [1.807, 2.05) is 30.3 Å². The molecule has 2 N–H and O–H groups in total. The lowest BCUT2D eigenvalue weighted by Gasteiger charge is -2.23. The molecule has 0 saturated carbocycles. The molecule has 32 heavy (non-hydrogen) atoms. The lowest BCUT2D eigenvalue weighted by Crippen LogP contribution is -2.50. The maximum atomic E-state index is 12.9. The first-order valence-electron chi connectivity index (χ1n) is 10.2. The third-order valence-corrected chi connectivity index (χ3v) is 4.16. The summed E-state index contributed by atoms with van der Waals surface area (Å²) in [5, 5.41) is 4.81. The molecule has 8 heteroatoms. The van der Waals surface area contributed by atoms with Gasteiger partial charge in [-0.2, -0.15) is 0 Å². The van der Waals surface area contributed by atoms with Gasteiger partial charge in [0.25, 0.3) is 5.91 Å². The fourth-order valence-electron chi connectivity index (χ4n) is 2.78. The number of amides is 3. The van der Waals surface area contributed by atoms with Crippen LogP contribution < -0.4 is 10.6 Å². The number of hydrogen-bond donors (Lipinski definition) is 2. The molecule has 0 heterocycles. The molecule has 0 bridgehead atoms. The van der Waals surface area contributed by atoms with Crippen LogP contribution in [0.4, 0.5) is 4.79 Å². The van der Waals surface area contributed by atoms with Gasteiger partial charge in [-0.25, -0.2) is 9.59 Å². The molecule has 0 saturated heterocycles. The summed E-state index contributed by atoms with van der Waals surface area (Å²) >= 11 is 0. The number of imide groups is 1. The third kappa shape index (κ3) is 7.86. The Morgan fingerprint density at radius 1 is 0.938 bits per heavy atom. The van der Waals surface area contributed by atoms with E-state index in [-0.39, 0.29) is 24.2 Å². The van der Waals surface area contributed by atoms with E-state index < -0.39 is 35.5 Å². The molecule has 0 unspecified atom stereocenters. The van der Waals surface area contributed by atoms with Crippen molar-refractivity contribution in [2.45, 2.75) is 45.8 Å². The average Bonchev–Trinajstić information content (AvgIpc) is 2.73. The smallest absolute Gasteiger partial charge is 0.408 e. The number of carbonyl (C=O) groups is 4. The minimum absolute atomic E-state index is 0.111. The third-order valence-electron chi connectivity index (χ3n) is 4.16. The van der Waals surface area contributed by atoms with E-state index in [0.29, 0.717) is 0 Å². The molecule has 0 aliphatic heterocycles. The quantitative estimate of drug-likeness (QED) is 0.640. The van der Waals surface area contributed by atoms with Gasteiger partial charge in [0, 0.05) is 12.0 Å². The molecule has 8 nitrogen and oxygen atoms in total. The van der Waals surface area contributed by atoms with Gasteiger partial charge in [-0.15, -0.1) is 0 Å². The summed E-state index contributed by atoms with van der Waals surface area (Å²) in [5.41, 5.74) is 0.348. The van der Waals surface area contributed by atoms with E-state index >= 15 is 0 Å². The molecule has 2 rings (SSSR count). The number of hydrogen-bond acceptors (Lipinski definition) is 6. The van der Waals surface area contributed by atoms with Gasteiger partial charge in [0.2, 0.25) is 5.91 Å². The van der Waals surface area contributed by atoms with E-state index in [1.54, 1.807) is 27.7 Å². The number of carbonyl (C=O) groups excluding carboxylic acids is 4. The van der Waals surface area contributed by atoms with E-state index in [1.165, 1.54) is 24.3 Å². The molecular formula is C24H28N2O6. The van der Waals surface area contributed by atoms with Crippen LogP contribution >= 0.6 is 0 Å². The summed E-state index contributed by atoms with van der Waals surface area (Å²) in [5.74, 6) is -1.97. The van der Waals surface area contributed by atoms with Crippen molar-refractivity contribution in [2.75, 3.05) is 6.61 Å². The topological polar surface area (TPSA) is 111 Å². The number of esters is 1. The minimum Gasteiger partial charge on any atom is -0.462 e. The normalized spacial score (nSPS) is 11.8. The molecule has 2 aromatic rings. The highest BCUT2D eigenvalue weighted by Gasteiger charge is 2.26. The summed E-state index contributed by atoms with van der Waals surface area (Å²) in [6.45, 7) is 7.00. The van der Waals surface area contributed by atoms with Gasteiger partial charge < -0.3 is 14.8 Å². The lowest BCUT2D eigenvalue weighted by molar-refractivity contribution is -0.122. The maximum absolute atomic E-state index is 12.9. The number of ether oxygens (including phenoxy) is 2. The Morgan fingerprint density at radius 2 is 1.59 bits per heavy atom. The Bertz CT molecular complexity index is 966. The highest BCUT2D eigenvalue weighted by atomic mass is 16.6. The number of rotatable bonds is 7. The van der Waals surface area contributed by atoms with Crippen LogP contribution in [-0.2, 0) is 20.7 Å². The molecule has 0 radical (unpaired) electrons. The Balaban J connectivity index is 2.16. The van der Waals surface area contributed by atoms with Gasteiger partial charge >= 0.3 is 12.1 Å². The molecule has 2 aromatic carbocycles. The Hall–Kier alpha value is -3.68. The van der Waals surface area contributed by atoms with Gasteiger partial charge in [-0.3, -0.25) is 14.9 Å². The van der Waals surface area contributed by atoms with E-state index in [2.05, 4.69) is 10.6 Å². The minimum atomic E-state index is -1.05.